The van der Waals surface area contributed by atoms with Crippen molar-refractivity contribution < 1.29 is 14.6 Å². The lowest BCUT2D eigenvalue weighted by Crippen LogP contribution is -2.62. The van der Waals surface area contributed by atoms with E-state index < -0.39 is 18.5 Å². The lowest BCUT2D eigenvalue weighted by Gasteiger charge is -2.36. The molecule has 2 unspecified atom stereocenters. The summed E-state index contributed by atoms with van der Waals surface area (Å²) < 4.78 is 4.88. The highest BCUT2D eigenvalue weighted by molar-refractivity contribution is 6.03. The first-order valence-electron chi connectivity index (χ1n) is 9.82. The van der Waals surface area contributed by atoms with Crippen molar-refractivity contribution >= 4 is 23.7 Å². The molecule has 0 fully saturated rings. The molecule has 2 rings (SSSR count). The van der Waals surface area contributed by atoms with Crippen LogP contribution in [0.2, 0.25) is 0 Å². The molecule has 2 atom stereocenters. The third kappa shape index (κ3) is 7.96. The fraction of sp³-hybridized carbons (Fsp3) is 0.526. The second-order valence-electron chi connectivity index (χ2n) is 6.64. The van der Waals surface area contributed by atoms with Crippen LogP contribution >= 0.6 is 0 Å². The summed E-state index contributed by atoms with van der Waals surface area (Å²) >= 11 is 0. The molecule has 0 radical (unpaired) electrons. The van der Waals surface area contributed by atoms with Crippen molar-refractivity contribution in [2.75, 3.05) is 31.6 Å². The van der Waals surface area contributed by atoms with E-state index >= 15 is 0 Å². The number of guanidine groups is 2. The number of hydrogen-bond donors (Lipinski definition) is 5. The number of carbonyl (C=O) groups is 1. The number of ether oxygens (including phenoxy) is 1. The molecule has 0 spiro atoms. The number of nitrogens with zero attached hydrogens (tertiary/aromatic N) is 3. The Labute approximate surface area is 171 Å². The molecule has 0 bridgehead atoms. The maximum absolute atomic E-state index is 11.7. The number of anilines is 1. The number of aliphatic hydroxyl groups excluding tert-OH is 1. The Kier molecular flexibility index (Phi) is 9.19. The van der Waals surface area contributed by atoms with Crippen LogP contribution in [0.15, 0.2) is 40.3 Å². The van der Waals surface area contributed by atoms with E-state index in [0.29, 0.717) is 25.0 Å². The summed E-state index contributed by atoms with van der Waals surface area (Å²) in [5.74, 6) is 1.02. The van der Waals surface area contributed by atoms with Crippen molar-refractivity contribution in [2.45, 2.75) is 39.1 Å². The Morgan fingerprint density at radius 1 is 1.45 bits per heavy atom. The topological polar surface area (TPSA) is 137 Å². The molecule has 0 saturated heterocycles. The van der Waals surface area contributed by atoms with E-state index in [0.717, 1.165) is 18.5 Å². The summed E-state index contributed by atoms with van der Waals surface area (Å²) in [6.07, 6.45) is 0.152. The molecule has 10 nitrogen and oxygen atoms in total. The normalized spacial score (nSPS) is 18.6. The van der Waals surface area contributed by atoms with Gasteiger partial charge in [0, 0.05) is 25.3 Å². The number of amides is 1. The standard InChI is InChI=1S/C19H31N7O3/c1-3-4-10-21-17-24-16(20)26(12-11-22-19(28)29-13-14(2)27)18(25-17)23-15-8-6-5-7-9-15/h5-9,14,16,27H,3-4,10-13,20H2,1-2H3,(H,22,28)(H2,21,23,24,25). The minimum atomic E-state index is -0.709. The van der Waals surface area contributed by atoms with Gasteiger partial charge in [-0.15, -0.1) is 0 Å². The maximum atomic E-state index is 11.7. The molecule has 29 heavy (non-hydrogen) atoms. The number of carbonyl (C=O) groups excluding carboxylic acids is 1. The number of aliphatic imine (C=N–C) groups is 2. The molecule has 10 heteroatoms. The predicted molar refractivity (Wildman–Crippen MR) is 114 cm³/mol. The molecule has 6 N–H and O–H groups in total. The van der Waals surface area contributed by atoms with Gasteiger partial charge in [-0.3, -0.25) is 10.7 Å². The van der Waals surface area contributed by atoms with E-state index in [2.05, 4.69) is 32.9 Å². The van der Waals surface area contributed by atoms with Gasteiger partial charge in [0.05, 0.1) is 6.10 Å². The zero-order chi connectivity index (χ0) is 21.1. The fourth-order valence-corrected chi connectivity index (χ4v) is 2.48. The fourth-order valence-electron chi connectivity index (χ4n) is 2.48. The lowest BCUT2D eigenvalue weighted by atomic mass is 10.3. The second kappa shape index (κ2) is 11.9. The Balaban J connectivity index is 2.03. The molecule has 1 aromatic rings. The first kappa shape index (κ1) is 22.4. The van der Waals surface area contributed by atoms with Crippen molar-refractivity contribution in [2.24, 2.45) is 15.7 Å². The number of para-hydroxylation sites is 1. The summed E-state index contributed by atoms with van der Waals surface area (Å²) in [6.45, 7) is 4.93. The lowest BCUT2D eigenvalue weighted by molar-refractivity contribution is 0.0777. The summed E-state index contributed by atoms with van der Waals surface area (Å²) in [6, 6.07) is 9.62. The first-order chi connectivity index (χ1) is 14.0. The van der Waals surface area contributed by atoms with Gasteiger partial charge in [0.15, 0.2) is 6.29 Å². The number of benzene rings is 1. The Morgan fingerprint density at radius 2 is 2.21 bits per heavy atom. The number of rotatable bonds is 9. The van der Waals surface area contributed by atoms with Crippen LogP contribution in [0.1, 0.15) is 26.7 Å². The Bertz CT molecular complexity index is 694. The van der Waals surface area contributed by atoms with E-state index in [1.165, 1.54) is 0 Å². The van der Waals surface area contributed by atoms with Gasteiger partial charge in [-0.2, -0.15) is 4.99 Å². The van der Waals surface area contributed by atoms with Crippen LogP contribution in [0.4, 0.5) is 10.5 Å². The number of nitrogens with two attached hydrogens (primary N) is 1. The molecule has 1 amide bonds. The molecule has 0 aromatic heterocycles. The smallest absolute Gasteiger partial charge is 0.407 e. The van der Waals surface area contributed by atoms with Crippen molar-refractivity contribution in [3.05, 3.63) is 30.3 Å². The number of unbranched alkanes of at least 4 members (excludes halogenated alkanes) is 1. The van der Waals surface area contributed by atoms with Crippen LogP contribution in [0.5, 0.6) is 0 Å². The van der Waals surface area contributed by atoms with Crippen LogP contribution in [0.25, 0.3) is 0 Å². The molecule has 1 heterocycles. The van der Waals surface area contributed by atoms with Gasteiger partial charge in [-0.05, 0) is 25.5 Å². The number of alkyl carbamates (subject to hydrolysis) is 1. The molecule has 1 aliphatic heterocycles. The van der Waals surface area contributed by atoms with Gasteiger partial charge >= 0.3 is 6.09 Å². The van der Waals surface area contributed by atoms with Crippen LogP contribution in [-0.4, -0.2) is 66.7 Å². The highest BCUT2D eigenvalue weighted by Gasteiger charge is 2.25. The quantitative estimate of drug-likeness (QED) is 0.384. The van der Waals surface area contributed by atoms with E-state index in [1.807, 2.05) is 30.3 Å². The minimum absolute atomic E-state index is 0.0591. The van der Waals surface area contributed by atoms with E-state index in [1.54, 1.807) is 11.8 Å². The second-order valence-corrected chi connectivity index (χ2v) is 6.64. The summed E-state index contributed by atoms with van der Waals surface area (Å²) in [5, 5.41) is 18.1. The maximum Gasteiger partial charge on any atom is 0.407 e. The molecular weight excluding hydrogens is 374 g/mol. The van der Waals surface area contributed by atoms with Crippen molar-refractivity contribution in [1.82, 2.24) is 15.5 Å². The summed E-state index contributed by atoms with van der Waals surface area (Å²) in [7, 11) is 0. The van der Waals surface area contributed by atoms with Crippen LogP contribution < -0.4 is 21.7 Å². The number of aliphatic hydroxyl groups is 1. The third-order valence-corrected chi connectivity index (χ3v) is 3.98. The van der Waals surface area contributed by atoms with Gasteiger partial charge in [-0.25, -0.2) is 4.79 Å². The van der Waals surface area contributed by atoms with Gasteiger partial charge < -0.3 is 30.7 Å². The first-order valence-corrected chi connectivity index (χ1v) is 9.82. The molecule has 0 saturated carbocycles. The Morgan fingerprint density at radius 3 is 2.90 bits per heavy atom. The molecule has 1 aliphatic rings. The average molecular weight is 406 g/mol. The predicted octanol–water partition coefficient (Wildman–Crippen LogP) is 0.865. The molecule has 160 valence electrons. The monoisotopic (exact) mass is 405 g/mol. The van der Waals surface area contributed by atoms with Crippen molar-refractivity contribution in [3.63, 3.8) is 0 Å². The highest BCUT2D eigenvalue weighted by Crippen LogP contribution is 2.10. The largest absolute Gasteiger partial charge is 0.447 e. The van der Waals surface area contributed by atoms with E-state index in [-0.39, 0.29) is 13.2 Å². The van der Waals surface area contributed by atoms with Gasteiger partial charge in [0.2, 0.25) is 11.9 Å². The summed E-state index contributed by atoms with van der Waals surface area (Å²) in [4.78, 5) is 22.5. The SMILES string of the molecule is CCCCN=C1N=C(Nc2ccccc2)N(CCNC(=O)OCC(C)O)C(N)N1. The number of nitrogens with one attached hydrogen (secondary N) is 3. The zero-order valence-electron chi connectivity index (χ0n) is 17.0. The van der Waals surface area contributed by atoms with Crippen molar-refractivity contribution in [1.29, 1.82) is 0 Å². The van der Waals surface area contributed by atoms with E-state index in [9.17, 15) is 4.79 Å². The van der Waals surface area contributed by atoms with Gasteiger partial charge in [-0.1, -0.05) is 31.5 Å². The van der Waals surface area contributed by atoms with Crippen LogP contribution in [0, 0.1) is 0 Å². The highest BCUT2D eigenvalue weighted by atomic mass is 16.6. The zero-order valence-corrected chi connectivity index (χ0v) is 17.0. The Hall–Kier alpha value is -2.85. The average Bonchev–Trinajstić information content (AvgIpc) is 2.69. The molecule has 1 aromatic carbocycles. The van der Waals surface area contributed by atoms with Crippen molar-refractivity contribution in [3.8, 4) is 0 Å². The number of hydrogen-bond acceptors (Lipinski definition) is 7. The van der Waals surface area contributed by atoms with Gasteiger partial charge in [0.1, 0.15) is 6.61 Å². The van der Waals surface area contributed by atoms with Crippen LogP contribution in [0.3, 0.4) is 0 Å². The summed E-state index contributed by atoms with van der Waals surface area (Å²) in [5.41, 5.74) is 7.13. The third-order valence-electron chi connectivity index (χ3n) is 3.98. The molecule has 0 aliphatic carbocycles. The minimum Gasteiger partial charge on any atom is -0.447 e. The molecular formula is C19H31N7O3. The van der Waals surface area contributed by atoms with Gasteiger partial charge in [0.25, 0.3) is 0 Å². The van der Waals surface area contributed by atoms with Crippen LogP contribution in [-0.2, 0) is 4.74 Å². The van der Waals surface area contributed by atoms with E-state index in [4.69, 9.17) is 15.6 Å².